The summed E-state index contributed by atoms with van der Waals surface area (Å²) in [6.45, 7) is 0.750. The van der Waals surface area contributed by atoms with Crippen molar-refractivity contribution in [1.29, 1.82) is 0 Å². The molecule has 1 aromatic heterocycles. The molecule has 88 valence electrons. The molecule has 1 aromatic carbocycles. The summed E-state index contributed by atoms with van der Waals surface area (Å²) in [7, 11) is 1.95. The summed E-state index contributed by atoms with van der Waals surface area (Å²) >= 11 is 0. The Morgan fingerprint density at radius 1 is 1.47 bits per heavy atom. The first-order valence-electron chi connectivity index (χ1n) is 5.75. The van der Waals surface area contributed by atoms with Crippen LogP contribution in [0.4, 0.5) is 0 Å². The van der Waals surface area contributed by atoms with Gasteiger partial charge in [-0.1, -0.05) is 18.2 Å². The zero-order chi connectivity index (χ0) is 11.8. The maximum atomic E-state index is 6.27. The number of para-hydroxylation sites is 1. The third-order valence-corrected chi connectivity index (χ3v) is 3.22. The fraction of sp³-hybridized carbons (Fsp3) is 0.308. The lowest BCUT2D eigenvalue weighted by molar-refractivity contribution is 0.352. The molecule has 0 radical (unpaired) electrons. The summed E-state index contributed by atoms with van der Waals surface area (Å²) in [5.41, 5.74) is 8.54. The van der Waals surface area contributed by atoms with Gasteiger partial charge in [0.25, 0.3) is 0 Å². The second-order valence-electron chi connectivity index (χ2n) is 4.31. The number of ether oxygens (including phenoxy) is 1. The molecule has 17 heavy (non-hydrogen) atoms. The molecule has 4 nitrogen and oxygen atoms in total. The van der Waals surface area contributed by atoms with Crippen LogP contribution in [0, 0.1) is 0 Å². The summed E-state index contributed by atoms with van der Waals surface area (Å²) in [4.78, 5) is 4.30. The molecule has 0 bridgehead atoms. The molecule has 2 heterocycles. The average Bonchev–Trinajstić information content (AvgIpc) is 2.95. The quantitative estimate of drug-likeness (QED) is 0.847. The average molecular weight is 229 g/mol. The molecular weight excluding hydrogens is 214 g/mol. The maximum absolute atomic E-state index is 6.27. The van der Waals surface area contributed by atoms with Crippen LogP contribution in [-0.2, 0) is 13.5 Å². The van der Waals surface area contributed by atoms with E-state index < -0.39 is 0 Å². The van der Waals surface area contributed by atoms with Crippen LogP contribution in [0.25, 0.3) is 0 Å². The summed E-state index contributed by atoms with van der Waals surface area (Å²) < 4.78 is 7.62. The first kappa shape index (κ1) is 10.4. The van der Waals surface area contributed by atoms with Crippen molar-refractivity contribution in [2.45, 2.75) is 12.5 Å². The van der Waals surface area contributed by atoms with Crippen LogP contribution in [0.5, 0.6) is 5.75 Å². The molecule has 1 aliphatic rings. The molecular formula is C13H15N3O. The van der Waals surface area contributed by atoms with Gasteiger partial charge in [0.2, 0.25) is 0 Å². The second-order valence-corrected chi connectivity index (χ2v) is 4.31. The number of aromatic nitrogens is 2. The fourth-order valence-electron chi connectivity index (χ4n) is 2.30. The minimum absolute atomic E-state index is 0.233. The van der Waals surface area contributed by atoms with E-state index in [1.54, 1.807) is 6.20 Å². The van der Waals surface area contributed by atoms with E-state index in [9.17, 15) is 0 Å². The van der Waals surface area contributed by atoms with Gasteiger partial charge in [-0.15, -0.1) is 0 Å². The molecule has 4 heteroatoms. The number of imidazole rings is 1. The number of nitrogens with two attached hydrogens (primary N) is 1. The Hall–Kier alpha value is -1.81. The van der Waals surface area contributed by atoms with E-state index in [1.807, 2.05) is 29.9 Å². The van der Waals surface area contributed by atoms with Crippen molar-refractivity contribution in [2.24, 2.45) is 12.8 Å². The van der Waals surface area contributed by atoms with Crippen molar-refractivity contribution in [3.63, 3.8) is 0 Å². The Labute approximate surface area is 100 Å². The molecule has 2 N–H and O–H groups in total. The lowest BCUT2D eigenvalue weighted by Crippen LogP contribution is -2.17. The first-order valence-corrected chi connectivity index (χ1v) is 5.75. The fourth-order valence-corrected chi connectivity index (χ4v) is 2.30. The minimum atomic E-state index is -0.233. The van der Waals surface area contributed by atoms with Gasteiger partial charge in [0.1, 0.15) is 11.6 Å². The van der Waals surface area contributed by atoms with E-state index in [0.29, 0.717) is 0 Å². The Balaban J connectivity index is 2.05. The Morgan fingerprint density at radius 3 is 3.12 bits per heavy atom. The minimum Gasteiger partial charge on any atom is -0.493 e. The van der Waals surface area contributed by atoms with Crippen LogP contribution in [0.15, 0.2) is 30.6 Å². The molecule has 0 saturated heterocycles. The number of rotatable bonds is 2. The van der Waals surface area contributed by atoms with E-state index in [1.165, 1.54) is 5.56 Å². The van der Waals surface area contributed by atoms with Gasteiger partial charge in [0.05, 0.1) is 12.6 Å². The normalized spacial score (nSPS) is 15.4. The van der Waals surface area contributed by atoms with Gasteiger partial charge in [-0.3, -0.25) is 0 Å². The van der Waals surface area contributed by atoms with Crippen molar-refractivity contribution < 1.29 is 4.74 Å². The van der Waals surface area contributed by atoms with Gasteiger partial charge in [-0.05, 0) is 5.56 Å². The maximum Gasteiger partial charge on any atom is 0.130 e. The predicted octanol–water partition coefficient (Wildman–Crippen LogP) is 1.40. The van der Waals surface area contributed by atoms with Crippen LogP contribution in [0.1, 0.15) is 23.0 Å². The molecule has 3 rings (SSSR count). The molecule has 1 unspecified atom stereocenters. The van der Waals surface area contributed by atoms with Gasteiger partial charge in [0, 0.05) is 31.4 Å². The van der Waals surface area contributed by atoms with Gasteiger partial charge in [0.15, 0.2) is 0 Å². The molecule has 1 atom stereocenters. The van der Waals surface area contributed by atoms with Crippen molar-refractivity contribution in [3.8, 4) is 5.75 Å². The van der Waals surface area contributed by atoms with Crippen LogP contribution >= 0.6 is 0 Å². The lowest BCUT2D eigenvalue weighted by Gasteiger charge is -2.15. The smallest absolute Gasteiger partial charge is 0.130 e. The van der Waals surface area contributed by atoms with E-state index in [-0.39, 0.29) is 6.04 Å². The largest absolute Gasteiger partial charge is 0.493 e. The standard InChI is InChI=1S/C13H15N3O/c1-16-7-6-15-13(16)11(14)10-4-2-3-9-5-8-17-12(9)10/h2-4,6-7,11H,5,8,14H2,1H3. The Kier molecular flexibility index (Phi) is 2.37. The Morgan fingerprint density at radius 2 is 2.35 bits per heavy atom. The monoisotopic (exact) mass is 229 g/mol. The third-order valence-electron chi connectivity index (χ3n) is 3.22. The number of fused-ring (bicyclic) bond motifs is 1. The number of hydrogen-bond acceptors (Lipinski definition) is 3. The first-order chi connectivity index (χ1) is 8.27. The van der Waals surface area contributed by atoms with E-state index >= 15 is 0 Å². The number of nitrogens with zero attached hydrogens (tertiary/aromatic N) is 2. The van der Waals surface area contributed by atoms with Crippen LogP contribution in [0.2, 0.25) is 0 Å². The molecule has 1 aliphatic heterocycles. The summed E-state index contributed by atoms with van der Waals surface area (Å²) in [6, 6.07) is 5.91. The zero-order valence-electron chi connectivity index (χ0n) is 9.76. The van der Waals surface area contributed by atoms with Crippen molar-refractivity contribution in [2.75, 3.05) is 6.61 Å². The highest BCUT2D eigenvalue weighted by Crippen LogP contribution is 2.34. The highest BCUT2D eigenvalue weighted by molar-refractivity contribution is 5.47. The van der Waals surface area contributed by atoms with Crippen molar-refractivity contribution >= 4 is 0 Å². The van der Waals surface area contributed by atoms with Crippen LogP contribution in [-0.4, -0.2) is 16.2 Å². The number of hydrogen-bond donors (Lipinski definition) is 1. The topological polar surface area (TPSA) is 53.1 Å². The van der Waals surface area contributed by atoms with Gasteiger partial charge in [-0.2, -0.15) is 0 Å². The highest BCUT2D eigenvalue weighted by atomic mass is 16.5. The van der Waals surface area contributed by atoms with Crippen molar-refractivity contribution in [1.82, 2.24) is 9.55 Å². The highest BCUT2D eigenvalue weighted by Gasteiger charge is 2.22. The predicted molar refractivity (Wildman–Crippen MR) is 64.9 cm³/mol. The summed E-state index contributed by atoms with van der Waals surface area (Å²) in [5, 5.41) is 0. The van der Waals surface area contributed by atoms with Crippen LogP contribution < -0.4 is 10.5 Å². The molecule has 0 saturated carbocycles. The molecule has 2 aromatic rings. The Bertz CT molecular complexity index is 547. The molecule has 0 fully saturated rings. The third kappa shape index (κ3) is 1.61. The lowest BCUT2D eigenvalue weighted by atomic mass is 10.0. The molecule has 0 aliphatic carbocycles. The zero-order valence-corrected chi connectivity index (χ0v) is 9.76. The van der Waals surface area contributed by atoms with E-state index in [0.717, 1.165) is 30.2 Å². The van der Waals surface area contributed by atoms with Gasteiger partial charge < -0.3 is 15.0 Å². The van der Waals surface area contributed by atoms with E-state index in [4.69, 9.17) is 10.5 Å². The van der Waals surface area contributed by atoms with Gasteiger partial charge in [-0.25, -0.2) is 4.98 Å². The number of benzene rings is 1. The molecule has 0 spiro atoms. The van der Waals surface area contributed by atoms with Crippen LogP contribution in [0.3, 0.4) is 0 Å². The second kappa shape index (κ2) is 3.89. The van der Waals surface area contributed by atoms with E-state index in [2.05, 4.69) is 11.1 Å². The van der Waals surface area contributed by atoms with Crippen molar-refractivity contribution in [3.05, 3.63) is 47.5 Å². The van der Waals surface area contributed by atoms with Gasteiger partial charge >= 0.3 is 0 Å². The SMILES string of the molecule is Cn1ccnc1C(N)c1cccc2c1OCC2. The summed E-state index contributed by atoms with van der Waals surface area (Å²) in [5.74, 6) is 1.80. The number of aryl methyl sites for hydroxylation is 1. The molecule has 0 amide bonds. The summed E-state index contributed by atoms with van der Waals surface area (Å²) in [6.07, 6.45) is 4.63.